The van der Waals surface area contributed by atoms with E-state index in [2.05, 4.69) is 22.6 Å². The largest absolute Gasteiger partial charge is 0.507 e. The van der Waals surface area contributed by atoms with E-state index in [1.807, 2.05) is 41.9 Å². The summed E-state index contributed by atoms with van der Waals surface area (Å²) in [5, 5.41) is 23.1. The standard InChI is InChI=1S/C22H24BN5O2S/c1-23-17-14-26-28-20(13-18(27-22(17)28)16-7-2-3-8-19(16)29)24-9-5-10-25-21(30)12-15-6-4-11-31-15/h2-4,6-8,11,13-14,23-24,29H,5,9-10,12H2,1H3,(H,25,30). The fraction of sp³-hybridized carbons (Fsp3) is 0.227. The number of benzene rings is 1. The molecule has 31 heavy (non-hydrogen) atoms. The second-order valence-electron chi connectivity index (χ2n) is 7.19. The number of thiophene rings is 1. The highest BCUT2D eigenvalue weighted by Gasteiger charge is 2.14. The maximum atomic E-state index is 12.0. The Hall–Kier alpha value is -3.33. The van der Waals surface area contributed by atoms with Crippen LogP contribution in [0.5, 0.6) is 5.75 Å². The highest BCUT2D eigenvalue weighted by Crippen LogP contribution is 2.29. The second-order valence-corrected chi connectivity index (χ2v) is 8.22. The van der Waals surface area contributed by atoms with Crippen molar-refractivity contribution >= 4 is 41.5 Å². The molecule has 3 N–H and O–H groups in total. The number of nitrogens with zero attached hydrogens (tertiary/aromatic N) is 3. The number of rotatable bonds is 9. The average molecular weight is 433 g/mol. The zero-order valence-electron chi connectivity index (χ0n) is 17.3. The van der Waals surface area contributed by atoms with Crippen LogP contribution in [0.25, 0.3) is 16.9 Å². The average Bonchev–Trinajstić information content (AvgIpc) is 3.43. The Kier molecular flexibility index (Phi) is 6.52. The monoisotopic (exact) mass is 433 g/mol. The second kappa shape index (κ2) is 9.66. The van der Waals surface area contributed by atoms with Crippen molar-refractivity contribution in [2.45, 2.75) is 19.7 Å². The molecular formula is C22H24BN5O2S. The fourth-order valence-electron chi connectivity index (χ4n) is 3.38. The third-order valence-corrected chi connectivity index (χ3v) is 5.88. The third-order valence-electron chi connectivity index (χ3n) is 5.00. The van der Waals surface area contributed by atoms with Crippen molar-refractivity contribution in [1.82, 2.24) is 19.9 Å². The number of carbonyl (C=O) groups excluding carboxylic acids is 1. The highest BCUT2D eigenvalue weighted by molar-refractivity contribution is 7.10. The Labute approximate surface area is 185 Å². The summed E-state index contributed by atoms with van der Waals surface area (Å²) in [6.07, 6.45) is 3.02. The van der Waals surface area contributed by atoms with E-state index >= 15 is 0 Å². The van der Waals surface area contributed by atoms with Gasteiger partial charge in [-0.15, -0.1) is 11.3 Å². The summed E-state index contributed by atoms with van der Waals surface area (Å²) in [5.74, 6) is 1.03. The van der Waals surface area contributed by atoms with Gasteiger partial charge in [0, 0.05) is 35.8 Å². The van der Waals surface area contributed by atoms with Gasteiger partial charge in [0.2, 0.25) is 5.91 Å². The molecule has 0 saturated carbocycles. The molecule has 0 fully saturated rings. The number of phenolic OH excluding ortho intramolecular Hbond substituents is 1. The Bertz CT molecular complexity index is 1180. The number of aromatic nitrogens is 3. The SMILES string of the molecule is CBc1cnn2c(NCCCNC(=O)Cc3cccs3)cc(-c3ccccc3O)nc12. The van der Waals surface area contributed by atoms with Crippen LogP contribution in [0, 0.1) is 0 Å². The van der Waals surface area contributed by atoms with Gasteiger partial charge in [0.25, 0.3) is 0 Å². The Balaban J connectivity index is 1.43. The molecule has 0 atom stereocenters. The molecule has 0 saturated heterocycles. The number of fused-ring (bicyclic) bond motifs is 1. The number of aromatic hydroxyl groups is 1. The zero-order chi connectivity index (χ0) is 21.6. The minimum atomic E-state index is 0.0373. The van der Waals surface area contributed by atoms with E-state index in [0.29, 0.717) is 30.8 Å². The van der Waals surface area contributed by atoms with Crippen LogP contribution in [-0.2, 0) is 11.2 Å². The molecule has 0 bridgehead atoms. The molecule has 0 radical (unpaired) electrons. The number of para-hydroxylation sites is 1. The number of carbonyl (C=O) groups is 1. The fourth-order valence-corrected chi connectivity index (χ4v) is 4.08. The first kappa shape index (κ1) is 20.9. The maximum Gasteiger partial charge on any atom is 0.225 e. The van der Waals surface area contributed by atoms with E-state index in [1.165, 1.54) is 0 Å². The molecule has 1 aromatic carbocycles. The van der Waals surface area contributed by atoms with Crippen LogP contribution in [-0.4, -0.2) is 46.0 Å². The Morgan fingerprint density at radius 1 is 1.23 bits per heavy atom. The molecule has 7 nitrogen and oxygen atoms in total. The summed E-state index contributed by atoms with van der Waals surface area (Å²) in [4.78, 5) is 17.8. The lowest BCUT2D eigenvalue weighted by Crippen LogP contribution is -2.27. The van der Waals surface area contributed by atoms with Gasteiger partial charge in [-0.3, -0.25) is 4.79 Å². The predicted molar refractivity (Wildman–Crippen MR) is 127 cm³/mol. The summed E-state index contributed by atoms with van der Waals surface area (Å²) < 4.78 is 1.79. The van der Waals surface area contributed by atoms with E-state index in [0.717, 1.165) is 35.5 Å². The molecule has 0 aliphatic carbocycles. The molecule has 3 aromatic heterocycles. The van der Waals surface area contributed by atoms with Gasteiger partial charge in [0.1, 0.15) is 11.6 Å². The van der Waals surface area contributed by atoms with Crippen molar-refractivity contribution < 1.29 is 9.90 Å². The predicted octanol–water partition coefficient (Wildman–Crippen LogP) is 2.43. The van der Waals surface area contributed by atoms with Gasteiger partial charge in [-0.2, -0.15) is 9.61 Å². The van der Waals surface area contributed by atoms with E-state index in [9.17, 15) is 9.90 Å². The van der Waals surface area contributed by atoms with E-state index < -0.39 is 0 Å². The molecule has 0 unspecified atom stereocenters. The van der Waals surface area contributed by atoms with Crippen LogP contribution in [0.4, 0.5) is 5.82 Å². The van der Waals surface area contributed by atoms with Crippen molar-refractivity contribution in [2.75, 3.05) is 18.4 Å². The van der Waals surface area contributed by atoms with Gasteiger partial charge in [0.05, 0.1) is 12.1 Å². The molecule has 4 rings (SSSR count). The van der Waals surface area contributed by atoms with Gasteiger partial charge in [0.15, 0.2) is 12.9 Å². The van der Waals surface area contributed by atoms with Gasteiger partial charge in [-0.1, -0.05) is 25.0 Å². The summed E-state index contributed by atoms with van der Waals surface area (Å²) in [5.41, 5.74) is 3.18. The smallest absolute Gasteiger partial charge is 0.225 e. The number of anilines is 1. The van der Waals surface area contributed by atoms with Crippen molar-refractivity contribution in [3.8, 4) is 17.0 Å². The molecule has 3 heterocycles. The molecular weight excluding hydrogens is 409 g/mol. The van der Waals surface area contributed by atoms with Crippen LogP contribution >= 0.6 is 11.3 Å². The lowest BCUT2D eigenvalue weighted by Gasteiger charge is -2.12. The van der Waals surface area contributed by atoms with E-state index in [4.69, 9.17) is 4.98 Å². The first-order valence-corrected chi connectivity index (χ1v) is 11.2. The number of amides is 1. The van der Waals surface area contributed by atoms with Crippen molar-refractivity contribution in [1.29, 1.82) is 0 Å². The van der Waals surface area contributed by atoms with Crippen molar-refractivity contribution in [2.24, 2.45) is 0 Å². The molecule has 9 heteroatoms. The molecule has 1 amide bonds. The lowest BCUT2D eigenvalue weighted by atomic mass is 9.75. The molecule has 4 aromatic rings. The minimum absolute atomic E-state index is 0.0373. The normalized spacial score (nSPS) is 10.9. The summed E-state index contributed by atoms with van der Waals surface area (Å²) >= 11 is 1.59. The first-order chi connectivity index (χ1) is 15.2. The molecule has 0 aliphatic rings. The van der Waals surface area contributed by atoms with E-state index in [1.54, 1.807) is 28.0 Å². The quantitative estimate of drug-likeness (QED) is 0.279. The van der Waals surface area contributed by atoms with Crippen molar-refractivity contribution in [3.63, 3.8) is 0 Å². The van der Waals surface area contributed by atoms with Crippen LogP contribution in [0.15, 0.2) is 54.0 Å². The minimum Gasteiger partial charge on any atom is -0.507 e. The van der Waals surface area contributed by atoms with Gasteiger partial charge in [-0.25, -0.2) is 4.98 Å². The summed E-state index contributed by atoms with van der Waals surface area (Å²) in [7, 11) is 0.816. The van der Waals surface area contributed by atoms with Crippen LogP contribution in [0.3, 0.4) is 0 Å². The van der Waals surface area contributed by atoms with Gasteiger partial charge in [-0.05, 0) is 35.5 Å². The topological polar surface area (TPSA) is 91.5 Å². The highest BCUT2D eigenvalue weighted by atomic mass is 32.1. The summed E-state index contributed by atoms with van der Waals surface area (Å²) in [6.45, 7) is 3.33. The number of hydrogen-bond donors (Lipinski definition) is 3. The zero-order valence-corrected chi connectivity index (χ0v) is 18.2. The third kappa shape index (κ3) is 4.88. The number of phenols is 1. The molecule has 0 aliphatic heterocycles. The number of nitrogens with one attached hydrogen (secondary N) is 2. The summed E-state index contributed by atoms with van der Waals surface area (Å²) in [6, 6.07) is 13.0. The van der Waals surface area contributed by atoms with Crippen LogP contribution in [0.2, 0.25) is 6.82 Å². The van der Waals surface area contributed by atoms with Crippen LogP contribution < -0.4 is 16.1 Å². The molecule has 0 spiro atoms. The van der Waals surface area contributed by atoms with Gasteiger partial charge >= 0.3 is 0 Å². The van der Waals surface area contributed by atoms with Crippen molar-refractivity contribution in [3.05, 3.63) is 58.9 Å². The van der Waals surface area contributed by atoms with Gasteiger partial charge < -0.3 is 15.7 Å². The molecule has 158 valence electrons. The number of hydrogen-bond acceptors (Lipinski definition) is 6. The maximum absolute atomic E-state index is 12.0. The Morgan fingerprint density at radius 2 is 2.10 bits per heavy atom. The lowest BCUT2D eigenvalue weighted by molar-refractivity contribution is -0.120. The van der Waals surface area contributed by atoms with Crippen LogP contribution in [0.1, 0.15) is 11.3 Å². The first-order valence-electron chi connectivity index (χ1n) is 10.3. The van der Waals surface area contributed by atoms with E-state index in [-0.39, 0.29) is 11.7 Å². The Morgan fingerprint density at radius 3 is 2.87 bits per heavy atom.